The predicted octanol–water partition coefficient (Wildman–Crippen LogP) is 1.19. The number of aromatic nitrogens is 1. The van der Waals surface area contributed by atoms with Crippen molar-refractivity contribution in [3.8, 4) is 0 Å². The first-order valence-corrected chi connectivity index (χ1v) is 6.76. The van der Waals surface area contributed by atoms with Crippen molar-refractivity contribution in [2.45, 2.75) is 26.4 Å². The second kappa shape index (κ2) is 6.02. The zero-order valence-corrected chi connectivity index (χ0v) is 11.5. The molecule has 1 aliphatic rings. The Bertz CT molecular complexity index is 425. The van der Waals surface area contributed by atoms with E-state index in [1.807, 2.05) is 24.0 Å². The minimum absolute atomic E-state index is 0.133. The summed E-state index contributed by atoms with van der Waals surface area (Å²) in [5.74, 6) is 1.05. The molecule has 104 valence electrons. The minimum atomic E-state index is -0.434. The quantitative estimate of drug-likeness (QED) is 0.890. The van der Waals surface area contributed by atoms with Crippen molar-refractivity contribution in [2.24, 2.45) is 0 Å². The summed E-state index contributed by atoms with van der Waals surface area (Å²) in [7, 11) is 0. The van der Waals surface area contributed by atoms with E-state index in [-0.39, 0.29) is 5.91 Å². The number of carbonyl (C=O) groups excluding carboxylic acids is 1. The van der Waals surface area contributed by atoms with Gasteiger partial charge in [0.2, 0.25) is 5.91 Å². The number of anilines is 1. The molecule has 1 saturated heterocycles. The molecule has 0 spiro atoms. The number of piperazine rings is 1. The van der Waals surface area contributed by atoms with E-state index in [1.54, 1.807) is 13.1 Å². The molecule has 0 saturated carbocycles. The SMILES string of the molecule is CC[C@@H](O)c1ccc(N2CCN(C(C)=O)CC2)nc1. The average molecular weight is 263 g/mol. The third kappa shape index (κ3) is 3.23. The molecule has 19 heavy (non-hydrogen) atoms. The zero-order valence-electron chi connectivity index (χ0n) is 11.5. The van der Waals surface area contributed by atoms with Gasteiger partial charge in [0.1, 0.15) is 5.82 Å². The second-order valence-corrected chi connectivity index (χ2v) is 4.87. The molecule has 1 atom stereocenters. The van der Waals surface area contributed by atoms with Gasteiger partial charge in [-0.1, -0.05) is 13.0 Å². The van der Waals surface area contributed by atoms with Gasteiger partial charge in [-0.15, -0.1) is 0 Å². The van der Waals surface area contributed by atoms with Crippen LogP contribution in [0.1, 0.15) is 31.9 Å². The van der Waals surface area contributed by atoms with Crippen molar-refractivity contribution in [3.05, 3.63) is 23.9 Å². The molecular formula is C14H21N3O2. The number of pyridine rings is 1. The highest BCUT2D eigenvalue weighted by molar-refractivity contribution is 5.73. The Kier molecular flexibility index (Phi) is 4.37. The van der Waals surface area contributed by atoms with Crippen LogP contribution in [-0.4, -0.2) is 47.1 Å². The largest absolute Gasteiger partial charge is 0.388 e. The van der Waals surface area contributed by atoms with Crippen LogP contribution in [0.4, 0.5) is 5.82 Å². The second-order valence-electron chi connectivity index (χ2n) is 4.87. The summed E-state index contributed by atoms with van der Waals surface area (Å²) in [5.41, 5.74) is 0.855. The maximum Gasteiger partial charge on any atom is 0.219 e. The molecule has 1 aliphatic heterocycles. The molecule has 2 heterocycles. The van der Waals surface area contributed by atoms with Crippen LogP contribution < -0.4 is 4.90 Å². The third-order valence-electron chi connectivity index (χ3n) is 3.59. The summed E-state index contributed by atoms with van der Waals surface area (Å²) in [4.78, 5) is 19.7. The lowest BCUT2D eigenvalue weighted by Crippen LogP contribution is -2.48. The number of aliphatic hydroxyl groups is 1. The highest BCUT2D eigenvalue weighted by Crippen LogP contribution is 2.19. The topological polar surface area (TPSA) is 56.7 Å². The van der Waals surface area contributed by atoms with Crippen molar-refractivity contribution in [2.75, 3.05) is 31.1 Å². The highest BCUT2D eigenvalue weighted by Gasteiger charge is 2.19. The Labute approximate surface area is 113 Å². The summed E-state index contributed by atoms with van der Waals surface area (Å²) in [6, 6.07) is 3.87. The fourth-order valence-electron chi connectivity index (χ4n) is 2.27. The number of nitrogens with zero attached hydrogens (tertiary/aromatic N) is 3. The van der Waals surface area contributed by atoms with E-state index in [9.17, 15) is 9.90 Å². The molecule has 1 N–H and O–H groups in total. The first-order valence-electron chi connectivity index (χ1n) is 6.76. The van der Waals surface area contributed by atoms with E-state index in [1.165, 1.54) is 0 Å². The van der Waals surface area contributed by atoms with Crippen molar-refractivity contribution in [1.29, 1.82) is 0 Å². The molecule has 1 aromatic heterocycles. The lowest BCUT2D eigenvalue weighted by molar-refractivity contribution is -0.129. The first-order chi connectivity index (χ1) is 9.11. The fourth-order valence-corrected chi connectivity index (χ4v) is 2.27. The highest BCUT2D eigenvalue weighted by atomic mass is 16.3. The Morgan fingerprint density at radius 3 is 2.53 bits per heavy atom. The first kappa shape index (κ1) is 13.8. The van der Waals surface area contributed by atoms with Gasteiger partial charge in [0.25, 0.3) is 0 Å². The summed E-state index contributed by atoms with van der Waals surface area (Å²) in [6.07, 6.45) is 2.00. The lowest BCUT2D eigenvalue weighted by Gasteiger charge is -2.35. The molecule has 2 rings (SSSR count). The number of hydrogen-bond donors (Lipinski definition) is 1. The van der Waals surface area contributed by atoms with Crippen molar-refractivity contribution >= 4 is 11.7 Å². The Morgan fingerprint density at radius 2 is 2.05 bits per heavy atom. The molecule has 1 amide bonds. The van der Waals surface area contributed by atoms with Gasteiger partial charge in [-0.3, -0.25) is 4.79 Å². The number of amides is 1. The molecule has 0 aromatic carbocycles. The van der Waals surface area contributed by atoms with Crippen LogP contribution in [0.5, 0.6) is 0 Å². The van der Waals surface area contributed by atoms with Crippen LogP contribution in [0.2, 0.25) is 0 Å². The predicted molar refractivity (Wildman–Crippen MR) is 74.0 cm³/mol. The molecule has 0 radical (unpaired) electrons. The van der Waals surface area contributed by atoms with Gasteiger partial charge in [0.05, 0.1) is 6.10 Å². The van der Waals surface area contributed by atoms with Crippen molar-refractivity contribution in [3.63, 3.8) is 0 Å². The molecular weight excluding hydrogens is 242 g/mol. The van der Waals surface area contributed by atoms with Gasteiger partial charge < -0.3 is 14.9 Å². The molecule has 5 heteroatoms. The smallest absolute Gasteiger partial charge is 0.219 e. The summed E-state index contributed by atoms with van der Waals surface area (Å²) in [6.45, 7) is 6.66. The maximum absolute atomic E-state index is 11.3. The van der Waals surface area contributed by atoms with E-state index in [4.69, 9.17) is 0 Å². The standard InChI is InChI=1S/C14H21N3O2/c1-3-13(19)12-4-5-14(15-10-12)17-8-6-16(7-9-17)11(2)18/h4-5,10,13,19H,3,6-9H2,1-2H3/t13-/m1/s1. The van der Waals surface area contributed by atoms with Gasteiger partial charge >= 0.3 is 0 Å². The van der Waals surface area contributed by atoms with Crippen LogP contribution >= 0.6 is 0 Å². The van der Waals surface area contributed by atoms with Crippen LogP contribution in [0.3, 0.4) is 0 Å². The monoisotopic (exact) mass is 263 g/mol. The molecule has 0 unspecified atom stereocenters. The number of hydrogen-bond acceptors (Lipinski definition) is 4. The van der Waals surface area contributed by atoms with Crippen LogP contribution in [-0.2, 0) is 4.79 Å². The number of aliphatic hydroxyl groups excluding tert-OH is 1. The number of rotatable bonds is 3. The Hall–Kier alpha value is -1.62. The molecule has 1 aromatic rings. The van der Waals surface area contributed by atoms with E-state index in [0.29, 0.717) is 6.42 Å². The Balaban J connectivity index is 1.98. The molecule has 1 fully saturated rings. The minimum Gasteiger partial charge on any atom is -0.388 e. The van der Waals surface area contributed by atoms with Gasteiger partial charge in [0, 0.05) is 39.3 Å². The molecule has 5 nitrogen and oxygen atoms in total. The molecule has 0 aliphatic carbocycles. The van der Waals surface area contributed by atoms with Gasteiger partial charge in [-0.25, -0.2) is 4.98 Å². The number of carbonyl (C=O) groups is 1. The van der Waals surface area contributed by atoms with Gasteiger partial charge in [-0.05, 0) is 18.1 Å². The third-order valence-corrected chi connectivity index (χ3v) is 3.59. The van der Waals surface area contributed by atoms with E-state index < -0.39 is 6.10 Å². The van der Waals surface area contributed by atoms with E-state index in [0.717, 1.165) is 37.6 Å². The van der Waals surface area contributed by atoms with Crippen LogP contribution in [0, 0.1) is 0 Å². The van der Waals surface area contributed by atoms with Gasteiger partial charge in [0.15, 0.2) is 0 Å². The van der Waals surface area contributed by atoms with Crippen molar-refractivity contribution in [1.82, 2.24) is 9.88 Å². The Morgan fingerprint density at radius 1 is 1.37 bits per heavy atom. The summed E-state index contributed by atoms with van der Waals surface area (Å²) in [5, 5.41) is 9.73. The average Bonchev–Trinajstić information content (AvgIpc) is 2.46. The molecule has 0 bridgehead atoms. The lowest BCUT2D eigenvalue weighted by atomic mass is 10.1. The zero-order chi connectivity index (χ0) is 13.8. The van der Waals surface area contributed by atoms with Crippen LogP contribution in [0.15, 0.2) is 18.3 Å². The van der Waals surface area contributed by atoms with E-state index in [2.05, 4.69) is 9.88 Å². The van der Waals surface area contributed by atoms with E-state index >= 15 is 0 Å². The maximum atomic E-state index is 11.3. The fraction of sp³-hybridized carbons (Fsp3) is 0.571. The van der Waals surface area contributed by atoms with Crippen molar-refractivity contribution < 1.29 is 9.90 Å². The normalized spacial score (nSPS) is 17.4. The summed E-state index contributed by atoms with van der Waals surface area (Å²) < 4.78 is 0. The summed E-state index contributed by atoms with van der Waals surface area (Å²) >= 11 is 0. The van der Waals surface area contributed by atoms with Crippen LogP contribution in [0.25, 0.3) is 0 Å². The van der Waals surface area contributed by atoms with Gasteiger partial charge in [-0.2, -0.15) is 0 Å².